The Labute approximate surface area is 148 Å². The van der Waals surface area contributed by atoms with Crippen LogP contribution in [0.1, 0.15) is 63.1 Å². The molecule has 0 radical (unpaired) electrons. The summed E-state index contributed by atoms with van der Waals surface area (Å²) in [7, 11) is 0. The molecule has 0 aliphatic heterocycles. The summed E-state index contributed by atoms with van der Waals surface area (Å²) in [6.45, 7) is 9.78. The standard InChI is InChI=1S/C21H24FNO2/c1-13(2)18-7-6-8-19(14(3)4)21(18)23-12-16-11-17(22)9-10-20(16)25-15(5)24/h6-14H,1-5H3. The molecule has 0 saturated heterocycles. The van der Waals surface area contributed by atoms with E-state index in [1.165, 1.54) is 25.1 Å². The van der Waals surface area contributed by atoms with Crippen molar-refractivity contribution in [1.29, 1.82) is 0 Å². The Morgan fingerprint density at radius 3 is 2.20 bits per heavy atom. The molecular formula is C21H24FNO2. The molecule has 0 fully saturated rings. The van der Waals surface area contributed by atoms with Crippen LogP contribution < -0.4 is 4.74 Å². The van der Waals surface area contributed by atoms with Crippen LogP contribution in [0.15, 0.2) is 41.4 Å². The second kappa shape index (κ2) is 8.06. The third-order valence-corrected chi connectivity index (χ3v) is 3.90. The molecule has 0 unspecified atom stereocenters. The van der Waals surface area contributed by atoms with E-state index in [1.54, 1.807) is 6.21 Å². The third-order valence-electron chi connectivity index (χ3n) is 3.90. The summed E-state index contributed by atoms with van der Waals surface area (Å²) in [5.41, 5.74) is 3.59. The summed E-state index contributed by atoms with van der Waals surface area (Å²) in [5.74, 6) is 0.0636. The van der Waals surface area contributed by atoms with E-state index in [0.717, 1.165) is 16.8 Å². The number of benzene rings is 2. The van der Waals surface area contributed by atoms with Crippen LogP contribution in [-0.4, -0.2) is 12.2 Å². The van der Waals surface area contributed by atoms with Gasteiger partial charge in [0.2, 0.25) is 0 Å². The summed E-state index contributed by atoms with van der Waals surface area (Å²) in [5, 5.41) is 0. The minimum absolute atomic E-state index is 0.297. The Bertz CT molecular complexity index is 768. The quantitative estimate of drug-likeness (QED) is 0.395. The van der Waals surface area contributed by atoms with Gasteiger partial charge in [0.05, 0.1) is 5.69 Å². The second-order valence-electron chi connectivity index (χ2n) is 6.63. The van der Waals surface area contributed by atoms with Crippen molar-refractivity contribution < 1.29 is 13.9 Å². The van der Waals surface area contributed by atoms with Crippen LogP contribution in [0.2, 0.25) is 0 Å². The molecule has 0 aliphatic carbocycles. The number of para-hydroxylation sites is 1. The first-order valence-electron chi connectivity index (χ1n) is 8.44. The zero-order valence-corrected chi connectivity index (χ0v) is 15.3. The summed E-state index contributed by atoms with van der Waals surface area (Å²) in [6.07, 6.45) is 1.56. The number of ether oxygens (including phenoxy) is 1. The Morgan fingerprint density at radius 2 is 1.68 bits per heavy atom. The molecule has 3 nitrogen and oxygen atoms in total. The van der Waals surface area contributed by atoms with E-state index in [4.69, 9.17) is 4.74 Å². The van der Waals surface area contributed by atoms with Crippen molar-refractivity contribution in [2.45, 2.75) is 46.5 Å². The van der Waals surface area contributed by atoms with Gasteiger partial charge in [0, 0.05) is 18.7 Å². The fourth-order valence-electron chi connectivity index (χ4n) is 2.66. The number of nitrogens with zero attached hydrogens (tertiary/aromatic N) is 1. The monoisotopic (exact) mass is 341 g/mol. The summed E-state index contributed by atoms with van der Waals surface area (Å²) in [4.78, 5) is 15.9. The molecule has 2 aromatic carbocycles. The number of halogens is 1. The van der Waals surface area contributed by atoms with Gasteiger partial charge < -0.3 is 4.74 Å². The molecule has 0 heterocycles. The molecule has 0 atom stereocenters. The minimum Gasteiger partial charge on any atom is -0.426 e. The third kappa shape index (κ3) is 4.75. The molecule has 132 valence electrons. The van der Waals surface area contributed by atoms with Gasteiger partial charge in [0.15, 0.2) is 0 Å². The number of carbonyl (C=O) groups excluding carboxylic acids is 1. The highest BCUT2D eigenvalue weighted by Gasteiger charge is 2.13. The number of hydrogen-bond acceptors (Lipinski definition) is 3. The van der Waals surface area contributed by atoms with Gasteiger partial charge in [-0.3, -0.25) is 9.79 Å². The number of carbonyl (C=O) groups is 1. The van der Waals surface area contributed by atoms with Crippen LogP contribution >= 0.6 is 0 Å². The molecule has 0 saturated carbocycles. The topological polar surface area (TPSA) is 38.7 Å². The van der Waals surface area contributed by atoms with Crippen LogP contribution in [0.4, 0.5) is 10.1 Å². The van der Waals surface area contributed by atoms with Crippen LogP contribution in [0.3, 0.4) is 0 Å². The van der Waals surface area contributed by atoms with Gasteiger partial charge in [-0.05, 0) is 41.2 Å². The molecule has 2 rings (SSSR count). The Kier molecular flexibility index (Phi) is 6.07. The van der Waals surface area contributed by atoms with Gasteiger partial charge in [-0.2, -0.15) is 0 Å². The van der Waals surface area contributed by atoms with Gasteiger partial charge in [-0.1, -0.05) is 45.9 Å². The van der Waals surface area contributed by atoms with E-state index < -0.39 is 11.8 Å². The SMILES string of the molecule is CC(=O)Oc1ccc(F)cc1C=Nc1c(C(C)C)cccc1C(C)C. The van der Waals surface area contributed by atoms with Crippen LogP contribution in [-0.2, 0) is 4.79 Å². The maximum Gasteiger partial charge on any atom is 0.308 e. The van der Waals surface area contributed by atoms with Gasteiger partial charge in [-0.25, -0.2) is 4.39 Å². The molecule has 0 spiro atoms. The Balaban J connectivity index is 2.53. The maximum absolute atomic E-state index is 13.6. The normalized spacial score (nSPS) is 11.5. The number of aliphatic imine (C=N–C) groups is 1. The average Bonchev–Trinajstić information content (AvgIpc) is 2.54. The van der Waals surface area contributed by atoms with Crippen molar-refractivity contribution in [3.63, 3.8) is 0 Å². The Hall–Kier alpha value is -2.49. The van der Waals surface area contributed by atoms with E-state index in [0.29, 0.717) is 23.1 Å². The predicted octanol–water partition coefficient (Wildman–Crippen LogP) is 5.75. The largest absolute Gasteiger partial charge is 0.426 e. The lowest BCUT2D eigenvalue weighted by Gasteiger charge is -2.16. The van der Waals surface area contributed by atoms with Crippen LogP contribution in [0, 0.1) is 5.82 Å². The fourth-order valence-corrected chi connectivity index (χ4v) is 2.66. The molecule has 0 aromatic heterocycles. The summed E-state index contributed by atoms with van der Waals surface area (Å²) < 4.78 is 18.8. The van der Waals surface area contributed by atoms with Crippen molar-refractivity contribution >= 4 is 17.9 Å². The summed E-state index contributed by atoms with van der Waals surface area (Å²) >= 11 is 0. The minimum atomic E-state index is -0.452. The smallest absolute Gasteiger partial charge is 0.308 e. The van der Waals surface area contributed by atoms with Crippen molar-refractivity contribution in [2.24, 2.45) is 4.99 Å². The number of hydrogen-bond donors (Lipinski definition) is 0. The first-order chi connectivity index (χ1) is 11.8. The van der Waals surface area contributed by atoms with E-state index >= 15 is 0 Å². The molecule has 0 amide bonds. The van der Waals surface area contributed by atoms with E-state index in [2.05, 4.69) is 44.8 Å². The highest BCUT2D eigenvalue weighted by atomic mass is 19.1. The molecule has 4 heteroatoms. The molecular weight excluding hydrogens is 317 g/mol. The van der Waals surface area contributed by atoms with E-state index in [9.17, 15) is 9.18 Å². The first kappa shape index (κ1) is 18.8. The Morgan fingerprint density at radius 1 is 1.08 bits per heavy atom. The molecule has 2 aromatic rings. The predicted molar refractivity (Wildman–Crippen MR) is 99.6 cm³/mol. The number of rotatable bonds is 5. The number of esters is 1. The summed E-state index contributed by atoms with van der Waals surface area (Å²) in [6, 6.07) is 10.2. The molecule has 25 heavy (non-hydrogen) atoms. The van der Waals surface area contributed by atoms with E-state index in [-0.39, 0.29) is 0 Å². The maximum atomic E-state index is 13.6. The molecule has 0 bridgehead atoms. The van der Waals surface area contributed by atoms with Gasteiger partial charge in [0.1, 0.15) is 11.6 Å². The lowest BCUT2D eigenvalue weighted by Crippen LogP contribution is -2.04. The first-order valence-corrected chi connectivity index (χ1v) is 8.44. The highest BCUT2D eigenvalue weighted by molar-refractivity contribution is 5.87. The second-order valence-corrected chi connectivity index (χ2v) is 6.63. The van der Waals surface area contributed by atoms with E-state index in [1.807, 2.05) is 6.07 Å². The molecule has 0 aliphatic rings. The highest BCUT2D eigenvalue weighted by Crippen LogP contribution is 2.34. The van der Waals surface area contributed by atoms with Crippen LogP contribution in [0.5, 0.6) is 5.75 Å². The van der Waals surface area contributed by atoms with Crippen molar-refractivity contribution in [1.82, 2.24) is 0 Å². The van der Waals surface area contributed by atoms with Gasteiger partial charge in [0.25, 0.3) is 0 Å². The van der Waals surface area contributed by atoms with Crippen molar-refractivity contribution in [2.75, 3.05) is 0 Å². The average molecular weight is 341 g/mol. The van der Waals surface area contributed by atoms with Gasteiger partial charge in [-0.15, -0.1) is 0 Å². The zero-order valence-electron chi connectivity index (χ0n) is 15.3. The van der Waals surface area contributed by atoms with Crippen molar-refractivity contribution in [3.05, 3.63) is 58.9 Å². The fraction of sp³-hybridized carbons (Fsp3) is 0.333. The van der Waals surface area contributed by atoms with Crippen LogP contribution in [0.25, 0.3) is 0 Å². The zero-order chi connectivity index (χ0) is 18.6. The molecule has 0 N–H and O–H groups in total. The van der Waals surface area contributed by atoms with Crippen molar-refractivity contribution in [3.8, 4) is 5.75 Å². The van der Waals surface area contributed by atoms with Gasteiger partial charge >= 0.3 is 5.97 Å². The lowest BCUT2D eigenvalue weighted by molar-refractivity contribution is -0.131. The lowest BCUT2D eigenvalue weighted by atomic mass is 9.93.